The van der Waals surface area contributed by atoms with Gasteiger partial charge in [0.25, 0.3) is 5.91 Å². The summed E-state index contributed by atoms with van der Waals surface area (Å²) in [5.41, 5.74) is 0.797. The second-order valence-electron chi connectivity index (χ2n) is 6.52. The molecule has 2 aromatic rings. The standard InChI is InChI=1S/C20H23BrN2O4S/c1-2-27-19-10-9-17(28(25,26)23-11-4-3-5-12-23)14-18(19)22-20(24)15-7-6-8-16(21)13-15/h6-10,13-14H,2-5,11-12H2,1H3,(H,22,24). The lowest BCUT2D eigenvalue weighted by Gasteiger charge is -2.26. The Kier molecular flexibility index (Phi) is 6.74. The zero-order valence-electron chi connectivity index (χ0n) is 15.7. The number of hydrogen-bond acceptors (Lipinski definition) is 4. The highest BCUT2D eigenvalue weighted by Gasteiger charge is 2.27. The van der Waals surface area contributed by atoms with Crippen LogP contribution in [0.2, 0.25) is 0 Å². The van der Waals surface area contributed by atoms with E-state index in [0.717, 1.165) is 23.7 Å². The van der Waals surface area contributed by atoms with Crippen molar-refractivity contribution >= 4 is 37.5 Å². The van der Waals surface area contributed by atoms with Crippen molar-refractivity contribution < 1.29 is 17.9 Å². The van der Waals surface area contributed by atoms with E-state index in [0.29, 0.717) is 36.7 Å². The summed E-state index contributed by atoms with van der Waals surface area (Å²) in [6.45, 7) is 3.28. The number of amides is 1. The Morgan fingerprint density at radius 3 is 2.57 bits per heavy atom. The highest BCUT2D eigenvalue weighted by Crippen LogP contribution is 2.30. The summed E-state index contributed by atoms with van der Waals surface area (Å²) < 4.78 is 33.8. The van der Waals surface area contributed by atoms with E-state index in [4.69, 9.17) is 4.74 Å². The number of carbonyl (C=O) groups is 1. The monoisotopic (exact) mass is 466 g/mol. The van der Waals surface area contributed by atoms with Crippen LogP contribution in [0.5, 0.6) is 5.75 Å². The molecule has 3 rings (SSSR count). The van der Waals surface area contributed by atoms with Crippen molar-refractivity contribution in [3.8, 4) is 5.75 Å². The van der Waals surface area contributed by atoms with Gasteiger partial charge >= 0.3 is 0 Å². The SMILES string of the molecule is CCOc1ccc(S(=O)(=O)N2CCCCC2)cc1NC(=O)c1cccc(Br)c1. The summed E-state index contributed by atoms with van der Waals surface area (Å²) >= 11 is 3.35. The number of sulfonamides is 1. The number of nitrogens with zero attached hydrogens (tertiary/aromatic N) is 1. The molecule has 1 amide bonds. The summed E-state index contributed by atoms with van der Waals surface area (Å²) in [6.07, 6.45) is 2.77. The molecule has 1 aliphatic heterocycles. The number of piperidine rings is 1. The fraction of sp³-hybridized carbons (Fsp3) is 0.350. The van der Waals surface area contributed by atoms with E-state index in [2.05, 4.69) is 21.2 Å². The first-order valence-electron chi connectivity index (χ1n) is 9.25. The minimum Gasteiger partial charge on any atom is -0.492 e. The number of halogens is 1. The van der Waals surface area contributed by atoms with Crippen molar-refractivity contribution in [3.05, 3.63) is 52.5 Å². The molecular weight excluding hydrogens is 444 g/mol. The molecule has 0 spiro atoms. The van der Waals surface area contributed by atoms with Gasteiger partial charge in [0, 0.05) is 23.1 Å². The third-order valence-electron chi connectivity index (χ3n) is 4.54. The number of hydrogen-bond donors (Lipinski definition) is 1. The van der Waals surface area contributed by atoms with Crippen LogP contribution in [0.15, 0.2) is 51.8 Å². The van der Waals surface area contributed by atoms with Crippen molar-refractivity contribution in [2.45, 2.75) is 31.1 Å². The van der Waals surface area contributed by atoms with Gasteiger partial charge in [-0.2, -0.15) is 4.31 Å². The van der Waals surface area contributed by atoms with Gasteiger partial charge in [-0.3, -0.25) is 4.79 Å². The fourth-order valence-electron chi connectivity index (χ4n) is 3.13. The second-order valence-corrected chi connectivity index (χ2v) is 9.37. The van der Waals surface area contributed by atoms with Gasteiger partial charge in [0.05, 0.1) is 17.2 Å². The quantitative estimate of drug-likeness (QED) is 0.689. The summed E-state index contributed by atoms with van der Waals surface area (Å²) in [4.78, 5) is 12.8. The van der Waals surface area contributed by atoms with E-state index in [9.17, 15) is 13.2 Å². The van der Waals surface area contributed by atoms with Gasteiger partial charge in [-0.1, -0.05) is 28.4 Å². The molecule has 2 aromatic carbocycles. The molecule has 6 nitrogen and oxygen atoms in total. The molecule has 0 aromatic heterocycles. The van der Waals surface area contributed by atoms with Crippen LogP contribution in [0, 0.1) is 0 Å². The number of nitrogens with one attached hydrogen (secondary N) is 1. The van der Waals surface area contributed by atoms with Crippen LogP contribution < -0.4 is 10.1 Å². The van der Waals surface area contributed by atoms with E-state index >= 15 is 0 Å². The molecule has 0 radical (unpaired) electrons. The van der Waals surface area contributed by atoms with E-state index < -0.39 is 10.0 Å². The number of benzene rings is 2. The van der Waals surface area contributed by atoms with Crippen LogP contribution in [0.25, 0.3) is 0 Å². The van der Waals surface area contributed by atoms with Gasteiger partial charge in [0.1, 0.15) is 5.75 Å². The van der Waals surface area contributed by atoms with Crippen LogP contribution in [0.3, 0.4) is 0 Å². The maximum atomic E-state index is 13.0. The Balaban J connectivity index is 1.92. The molecule has 28 heavy (non-hydrogen) atoms. The van der Waals surface area contributed by atoms with E-state index in [1.54, 1.807) is 24.3 Å². The smallest absolute Gasteiger partial charge is 0.255 e. The number of carbonyl (C=O) groups excluding carboxylic acids is 1. The number of ether oxygens (including phenoxy) is 1. The highest BCUT2D eigenvalue weighted by molar-refractivity contribution is 9.10. The molecule has 0 bridgehead atoms. The molecule has 1 saturated heterocycles. The molecule has 0 atom stereocenters. The van der Waals surface area contributed by atoms with Gasteiger partial charge in [0.2, 0.25) is 10.0 Å². The largest absolute Gasteiger partial charge is 0.492 e. The average molecular weight is 467 g/mol. The Morgan fingerprint density at radius 1 is 1.14 bits per heavy atom. The van der Waals surface area contributed by atoms with Gasteiger partial charge in [-0.25, -0.2) is 8.42 Å². The maximum Gasteiger partial charge on any atom is 0.255 e. The van der Waals surface area contributed by atoms with Crippen LogP contribution in [0.4, 0.5) is 5.69 Å². The Morgan fingerprint density at radius 2 is 1.89 bits per heavy atom. The first kappa shape index (κ1) is 20.8. The van der Waals surface area contributed by atoms with Crippen molar-refractivity contribution in [2.75, 3.05) is 25.0 Å². The zero-order valence-corrected chi connectivity index (χ0v) is 18.1. The lowest BCUT2D eigenvalue weighted by molar-refractivity contribution is 0.102. The van der Waals surface area contributed by atoms with Gasteiger partial charge < -0.3 is 10.1 Å². The first-order chi connectivity index (χ1) is 13.4. The van der Waals surface area contributed by atoms with E-state index in [1.807, 2.05) is 13.0 Å². The minimum absolute atomic E-state index is 0.155. The van der Waals surface area contributed by atoms with Crippen molar-refractivity contribution in [3.63, 3.8) is 0 Å². The first-order valence-corrected chi connectivity index (χ1v) is 11.5. The molecule has 1 aliphatic rings. The topological polar surface area (TPSA) is 75.7 Å². The molecule has 0 saturated carbocycles. The number of rotatable bonds is 6. The third-order valence-corrected chi connectivity index (χ3v) is 6.93. The number of anilines is 1. The second kappa shape index (κ2) is 9.07. The lowest BCUT2D eigenvalue weighted by Crippen LogP contribution is -2.35. The Bertz CT molecular complexity index is 956. The van der Waals surface area contributed by atoms with Gasteiger partial charge in [-0.05, 0) is 56.2 Å². The van der Waals surface area contributed by atoms with Crippen LogP contribution in [-0.2, 0) is 10.0 Å². The van der Waals surface area contributed by atoms with Crippen LogP contribution >= 0.6 is 15.9 Å². The maximum absolute atomic E-state index is 13.0. The molecule has 1 fully saturated rings. The van der Waals surface area contributed by atoms with Crippen molar-refractivity contribution in [2.24, 2.45) is 0 Å². The normalized spacial score (nSPS) is 15.2. The summed E-state index contributed by atoms with van der Waals surface area (Å²) in [5.74, 6) is 0.0956. The highest BCUT2D eigenvalue weighted by atomic mass is 79.9. The summed E-state index contributed by atoms with van der Waals surface area (Å²) in [6, 6.07) is 11.6. The molecule has 8 heteroatoms. The molecular formula is C20H23BrN2O4S. The van der Waals surface area contributed by atoms with Crippen LogP contribution in [0.1, 0.15) is 36.5 Å². The Labute approximate surface area is 174 Å². The van der Waals surface area contributed by atoms with Crippen molar-refractivity contribution in [1.29, 1.82) is 0 Å². The molecule has 0 aliphatic carbocycles. The van der Waals surface area contributed by atoms with Crippen LogP contribution in [-0.4, -0.2) is 38.3 Å². The molecule has 1 N–H and O–H groups in total. The van der Waals surface area contributed by atoms with Gasteiger partial charge in [0.15, 0.2) is 0 Å². The molecule has 0 unspecified atom stereocenters. The van der Waals surface area contributed by atoms with E-state index in [-0.39, 0.29) is 10.8 Å². The fourth-order valence-corrected chi connectivity index (χ4v) is 5.07. The average Bonchev–Trinajstić information content (AvgIpc) is 2.70. The van der Waals surface area contributed by atoms with Gasteiger partial charge in [-0.15, -0.1) is 0 Å². The predicted octanol–water partition coefficient (Wildman–Crippen LogP) is 4.27. The minimum atomic E-state index is -3.60. The molecule has 1 heterocycles. The lowest BCUT2D eigenvalue weighted by atomic mass is 10.2. The summed E-state index contributed by atoms with van der Waals surface area (Å²) in [7, 11) is -3.60. The zero-order chi connectivity index (χ0) is 20.1. The van der Waals surface area contributed by atoms with E-state index in [1.165, 1.54) is 16.4 Å². The summed E-state index contributed by atoms with van der Waals surface area (Å²) in [5, 5.41) is 2.79. The molecule has 150 valence electrons. The van der Waals surface area contributed by atoms with Crippen molar-refractivity contribution in [1.82, 2.24) is 4.31 Å². The predicted molar refractivity (Wildman–Crippen MR) is 112 cm³/mol. The Hall–Kier alpha value is -1.90. The third kappa shape index (κ3) is 4.74.